The fourth-order valence-corrected chi connectivity index (χ4v) is 4.48. The first kappa shape index (κ1) is 21.4. The summed E-state index contributed by atoms with van der Waals surface area (Å²) in [6.07, 6.45) is 3.83. The molecule has 2 unspecified atom stereocenters. The number of nitrogens with zero attached hydrogens (tertiary/aromatic N) is 1. The number of amides is 4. The van der Waals surface area contributed by atoms with E-state index >= 15 is 0 Å². The number of primary amides is 1. The number of urea groups is 1. The second kappa shape index (κ2) is 10.5. The van der Waals surface area contributed by atoms with E-state index in [-0.39, 0.29) is 29.7 Å². The maximum Gasteiger partial charge on any atom is 0.321 e. The summed E-state index contributed by atoms with van der Waals surface area (Å²) >= 11 is 1.31. The third-order valence-corrected chi connectivity index (χ3v) is 6.34. The van der Waals surface area contributed by atoms with Crippen LogP contribution in [0.25, 0.3) is 0 Å². The lowest BCUT2D eigenvalue weighted by Gasteiger charge is -2.33. The van der Waals surface area contributed by atoms with Gasteiger partial charge in [-0.05, 0) is 50.3 Å². The van der Waals surface area contributed by atoms with Gasteiger partial charge in [0.25, 0.3) is 0 Å². The van der Waals surface area contributed by atoms with Gasteiger partial charge < -0.3 is 26.6 Å². The summed E-state index contributed by atoms with van der Waals surface area (Å²) in [6.45, 7) is 2.79. The standard InChI is InChI=1S/C20H29N5O3S/c21-18(26)13-29-17-8-2-1-6-15(17)24-20(28)25-10-4-5-14(12-25)11-23-19(27)16-7-3-9-22-16/h1-2,6,8,14,16,22H,3-5,7,9-13H2,(H2,21,26)(H,23,27)(H,24,28). The number of thioether (sulfide) groups is 1. The van der Waals surface area contributed by atoms with Crippen molar-refractivity contribution in [2.24, 2.45) is 11.7 Å². The van der Waals surface area contributed by atoms with E-state index in [9.17, 15) is 14.4 Å². The molecule has 2 atom stereocenters. The number of nitrogens with one attached hydrogen (secondary N) is 3. The van der Waals surface area contributed by atoms with Gasteiger partial charge in [0.2, 0.25) is 11.8 Å². The van der Waals surface area contributed by atoms with Gasteiger partial charge in [0, 0.05) is 24.5 Å². The van der Waals surface area contributed by atoms with Crippen LogP contribution in [0.1, 0.15) is 25.7 Å². The highest BCUT2D eigenvalue weighted by atomic mass is 32.2. The number of carbonyl (C=O) groups excluding carboxylic acids is 3. The molecular formula is C20H29N5O3S. The molecule has 2 aliphatic rings. The largest absolute Gasteiger partial charge is 0.369 e. The predicted molar refractivity (Wildman–Crippen MR) is 114 cm³/mol. The normalized spacial score (nSPS) is 21.6. The molecule has 0 aliphatic carbocycles. The second-order valence-electron chi connectivity index (χ2n) is 7.53. The monoisotopic (exact) mass is 419 g/mol. The molecule has 0 bridgehead atoms. The van der Waals surface area contributed by atoms with Crippen molar-refractivity contribution in [3.8, 4) is 0 Å². The number of hydrogen-bond acceptors (Lipinski definition) is 5. The summed E-state index contributed by atoms with van der Waals surface area (Å²) in [5.74, 6) is 0.0717. The van der Waals surface area contributed by atoms with Gasteiger partial charge in [-0.1, -0.05) is 12.1 Å². The minimum atomic E-state index is -0.398. The van der Waals surface area contributed by atoms with Crippen LogP contribution >= 0.6 is 11.8 Å². The molecule has 9 heteroatoms. The van der Waals surface area contributed by atoms with Crippen molar-refractivity contribution in [1.82, 2.24) is 15.5 Å². The van der Waals surface area contributed by atoms with Gasteiger partial charge >= 0.3 is 6.03 Å². The molecule has 2 saturated heterocycles. The van der Waals surface area contributed by atoms with E-state index in [2.05, 4.69) is 16.0 Å². The Hall–Kier alpha value is -2.26. The number of benzene rings is 1. The summed E-state index contributed by atoms with van der Waals surface area (Å²) in [7, 11) is 0. The van der Waals surface area contributed by atoms with Crippen LogP contribution < -0.4 is 21.7 Å². The fourth-order valence-electron chi connectivity index (χ4n) is 3.73. The number of piperidine rings is 1. The molecule has 0 saturated carbocycles. The average Bonchev–Trinajstić information content (AvgIpc) is 3.26. The summed E-state index contributed by atoms with van der Waals surface area (Å²) in [4.78, 5) is 38.6. The van der Waals surface area contributed by atoms with E-state index < -0.39 is 5.91 Å². The second-order valence-corrected chi connectivity index (χ2v) is 8.55. The molecule has 1 aromatic carbocycles. The molecule has 29 heavy (non-hydrogen) atoms. The van der Waals surface area contributed by atoms with E-state index in [1.807, 2.05) is 24.3 Å². The Morgan fingerprint density at radius 2 is 2.03 bits per heavy atom. The van der Waals surface area contributed by atoms with E-state index in [4.69, 9.17) is 5.73 Å². The molecule has 3 rings (SSSR count). The van der Waals surface area contributed by atoms with Gasteiger partial charge in [-0.25, -0.2) is 4.79 Å². The molecule has 0 aromatic heterocycles. The Morgan fingerprint density at radius 1 is 1.21 bits per heavy atom. The lowest BCUT2D eigenvalue weighted by Crippen LogP contribution is -2.47. The maximum absolute atomic E-state index is 12.8. The van der Waals surface area contributed by atoms with Crippen LogP contribution in [0.4, 0.5) is 10.5 Å². The van der Waals surface area contributed by atoms with Crippen molar-refractivity contribution < 1.29 is 14.4 Å². The van der Waals surface area contributed by atoms with Crippen molar-refractivity contribution in [2.45, 2.75) is 36.6 Å². The molecule has 0 radical (unpaired) electrons. The predicted octanol–water partition coefficient (Wildman–Crippen LogP) is 1.38. The first-order valence-corrected chi connectivity index (χ1v) is 11.1. The van der Waals surface area contributed by atoms with Crippen LogP contribution in [-0.4, -0.2) is 60.7 Å². The summed E-state index contributed by atoms with van der Waals surface area (Å²) in [5.41, 5.74) is 5.90. The van der Waals surface area contributed by atoms with Crippen molar-refractivity contribution >= 4 is 35.3 Å². The maximum atomic E-state index is 12.8. The quantitative estimate of drug-likeness (QED) is 0.498. The molecular weight excluding hydrogens is 390 g/mol. The van der Waals surface area contributed by atoms with Crippen molar-refractivity contribution in [3.05, 3.63) is 24.3 Å². The molecule has 1 aromatic rings. The zero-order valence-electron chi connectivity index (χ0n) is 16.5. The van der Waals surface area contributed by atoms with Gasteiger partial charge in [-0.15, -0.1) is 11.8 Å². The number of anilines is 1. The Morgan fingerprint density at radius 3 is 2.79 bits per heavy atom. The number of para-hydroxylation sites is 1. The molecule has 4 amide bonds. The summed E-state index contributed by atoms with van der Waals surface area (Å²) in [5, 5.41) is 9.19. The number of hydrogen-bond donors (Lipinski definition) is 4. The van der Waals surface area contributed by atoms with E-state index in [1.54, 1.807) is 4.90 Å². The Kier molecular flexibility index (Phi) is 7.76. The molecule has 2 heterocycles. The third kappa shape index (κ3) is 6.37. The van der Waals surface area contributed by atoms with E-state index in [1.165, 1.54) is 11.8 Å². The van der Waals surface area contributed by atoms with Gasteiger partial charge in [0.1, 0.15) is 0 Å². The van der Waals surface area contributed by atoms with Crippen LogP contribution in [0.15, 0.2) is 29.2 Å². The number of carbonyl (C=O) groups is 3. The summed E-state index contributed by atoms with van der Waals surface area (Å²) in [6, 6.07) is 7.14. The van der Waals surface area contributed by atoms with Crippen LogP contribution in [0.3, 0.4) is 0 Å². The number of rotatable bonds is 7. The molecule has 2 aliphatic heterocycles. The Labute approximate surface area is 175 Å². The lowest BCUT2D eigenvalue weighted by molar-refractivity contribution is -0.123. The van der Waals surface area contributed by atoms with Crippen LogP contribution in [0.5, 0.6) is 0 Å². The zero-order chi connectivity index (χ0) is 20.6. The molecule has 0 spiro atoms. The first-order valence-electron chi connectivity index (χ1n) is 10.1. The van der Waals surface area contributed by atoms with Crippen LogP contribution in [-0.2, 0) is 9.59 Å². The van der Waals surface area contributed by atoms with Gasteiger partial charge in [-0.3, -0.25) is 9.59 Å². The zero-order valence-corrected chi connectivity index (χ0v) is 17.3. The smallest absolute Gasteiger partial charge is 0.321 e. The van der Waals surface area contributed by atoms with Crippen LogP contribution in [0.2, 0.25) is 0 Å². The van der Waals surface area contributed by atoms with Crippen LogP contribution in [0, 0.1) is 5.92 Å². The molecule has 5 N–H and O–H groups in total. The highest BCUT2D eigenvalue weighted by Crippen LogP contribution is 2.27. The highest BCUT2D eigenvalue weighted by molar-refractivity contribution is 8.00. The Balaban J connectivity index is 1.50. The van der Waals surface area contributed by atoms with E-state index in [0.29, 0.717) is 25.3 Å². The third-order valence-electron chi connectivity index (χ3n) is 5.25. The van der Waals surface area contributed by atoms with Crippen molar-refractivity contribution in [1.29, 1.82) is 0 Å². The first-order chi connectivity index (χ1) is 14.0. The van der Waals surface area contributed by atoms with Crippen molar-refractivity contribution in [2.75, 3.05) is 37.2 Å². The molecule has 8 nitrogen and oxygen atoms in total. The minimum Gasteiger partial charge on any atom is -0.369 e. The Bertz CT molecular complexity index is 739. The minimum absolute atomic E-state index is 0.0597. The van der Waals surface area contributed by atoms with Gasteiger partial charge in [-0.2, -0.15) is 0 Å². The molecule has 2 fully saturated rings. The topological polar surface area (TPSA) is 117 Å². The fraction of sp³-hybridized carbons (Fsp3) is 0.550. The lowest BCUT2D eigenvalue weighted by atomic mass is 9.98. The number of nitrogens with two attached hydrogens (primary N) is 1. The van der Waals surface area contributed by atoms with Gasteiger partial charge in [0.05, 0.1) is 17.5 Å². The average molecular weight is 420 g/mol. The SMILES string of the molecule is NC(=O)CSc1ccccc1NC(=O)N1CCCC(CNC(=O)C2CCCN2)C1. The summed E-state index contributed by atoms with van der Waals surface area (Å²) < 4.78 is 0. The van der Waals surface area contributed by atoms with E-state index in [0.717, 1.165) is 37.1 Å². The number of likely N-dealkylation sites (tertiary alicyclic amines) is 1. The highest BCUT2D eigenvalue weighted by Gasteiger charge is 2.26. The van der Waals surface area contributed by atoms with Gasteiger partial charge in [0.15, 0.2) is 0 Å². The molecule has 158 valence electrons. The van der Waals surface area contributed by atoms with Crippen molar-refractivity contribution in [3.63, 3.8) is 0 Å².